The van der Waals surface area contributed by atoms with Gasteiger partial charge in [-0.2, -0.15) is 0 Å². The topological polar surface area (TPSA) is 64.1 Å². The van der Waals surface area contributed by atoms with Crippen LogP contribution >= 0.6 is 15.9 Å². The maximum Gasteiger partial charge on any atom is 0.141 e. The van der Waals surface area contributed by atoms with Gasteiger partial charge in [-0.3, -0.25) is 0 Å². The van der Waals surface area contributed by atoms with E-state index in [1.165, 1.54) is 5.69 Å². The first-order chi connectivity index (χ1) is 8.65. The van der Waals surface area contributed by atoms with Gasteiger partial charge in [0.2, 0.25) is 0 Å². The highest BCUT2D eigenvalue weighted by molar-refractivity contribution is 9.10. The Morgan fingerprint density at radius 3 is 3.06 bits per heavy atom. The van der Waals surface area contributed by atoms with Gasteiger partial charge in [-0.05, 0) is 40.9 Å². The Hall–Kier alpha value is -1.33. The molecule has 0 spiro atoms. The Balaban J connectivity index is 2.13. The molecule has 3 rings (SSSR count). The average molecular weight is 308 g/mol. The molecule has 0 amide bonds. The second-order valence-corrected chi connectivity index (χ2v) is 5.38. The van der Waals surface area contributed by atoms with Crippen molar-refractivity contribution in [1.29, 1.82) is 0 Å². The van der Waals surface area contributed by atoms with Gasteiger partial charge in [0.25, 0.3) is 0 Å². The lowest BCUT2D eigenvalue weighted by Crippen LogP contribution is -2.32. The number of nitrogens with zero attached hydrogens (tertiary/aromatic N) is 2. The van der Waals surface area contributed by atoms with Crippen molar-refractivity contribution in [3.63, 3.8) is 0 Å². The van der Waals surface area contributed by atoms with E-state index in [1.807, 2.05) is 12.1 Å². The number of rotatable bonds is 1. The molecule has 3 N–H and O–H groups in total. The Labute approximate surface area is 114 Å². The molecule has 1 aliphatic rings. The van der Waals surface area contributed by atoms with E-state index in [-0.39, 0.29) is 11.8 Å². The van der Waals surface area contributed by atoms with Gasteiger partial charge < -0.3 is 15.4 Å². The third-order valence-electron chi connectivity index (χ3n) is 3.30. The maximum absolute atomic E-state index is 9.56. The summed E-state index contributed by atoms with van der Waals surface area (Å²) in [5, 5.41) is 9.56. The molecule has 1 unspecified atom stereocenters. The van der Waals surface area contributed by atoms with Crippen LogP contribution in [-0.2, 0) is 13.0 Å². The van der Waals surface area contributed by atoms with Crippen LogP contribution in [0.25, 0.3) is 11.4 Å². The Kier molecular flexibility index (Phi) is 2.87. The predicted octanol–water partition coefficient (Wildman–Crippen LogP) is 2.29. The first-order valence-electron chi connectivity index (χ1n) is 5.95. The summed E-state index contributed by atoms with van der Waals surface area (Å²) < 4.78 is 3.03. The van der Waals surface area contributed by atoms with Crippen molar-refractivity contribution < 1.29 is 5.11 Å². The van der Waals surface area contributed by atoms with E-state index in [0.717, 1.165) is 35.4 Å². The number of phenols is 1. The Bertz CT molecular complexity index is 594. The van der Waals surface area contributed by atoms with Gasteiger partial charge in [-0.1, -0.05) is 12.1 Å². The second kappa shape index (κ2) is 4.40. The van der Waals surface area contributed by atoms with Crippen LogP contribution in [0.1, 0.15) is 12.1 Å². The minimum absolute atomic E-state index is 0.176. The van der Waals surface area contributed by atoms with Crippen molar-refractivity contribution >= 4 is 15.9 Å². The number of phenolic OH excluding ortho intramolecular Hbond substituents is 1. The summed E-state index contributed by atoms with van der Waals surface area (Å²) in [7, 11) is 0. The Morgan fingerprint density at radius 2 is 2.28 bits per heavy atom. The molecule has 0 radical (unpaired) electrons. The summed E-state index contributed by atoms with van der Waals surface area (Å²) in [6.07, 6.45) is 1.93. The van der Waals surface area contributed by atoms with Crippen LogP contribution in [0, 0.1) is 0 Å². The molecule has 0 fully saturated rings. The van der Waals surface area contributed by atoms with Crippen LogP contribution < -0.4 is 5.73 Å². The van der Waals surface area contributed by atoms with E-state index in [0.29, 0.717) is 0 Å². The van der Waals surface area contributed by atoms with E-state index in [1.54, 1.807) is 12.1 Å². The minimum atomic E-state index is 0.176. The van der Waals surface area contributed by atoms with Crippen LogP contribution in [0.15, 0.2) is 28.9 Å². The number of nitrogens with two attached hydrogens (primary N) is 1. The SMILES string of the molecule is NC1CCc2c(Br)nc(-c3cccc(O)c3)n2C1. The lowest BCUT2D eigenvalue weighted by atomic mass is 10.1. The molecule has 4 nitrogen and oxygen atoms in total. The number of imidazole rings is 1. The third-order valence-corrected chi connectivity index (χ3v) is 3.93. The molecule has 94 valence electrons. The largest absolute Gasteiger partial charge is 0.508 e. The minimum Gasteiger partial charge on any atom is -0.508 e. The highest BCUT2D eigenvalue weighted by Crippen LogP contribution is 2.31. The fourth-order valence-corrected chi connectivity index (χ4v) is 2.99. The summed E-state index contributed by atoms with van der Waals surface area (Å²) in [5.41, 5.74) is 8.13. The van der Waals surface area contributed by atoms with E-state index in [9.17, 15) is 5.11 Å². The summed E-state index contributed by atoms with van der Waals surface area (Å²) in [5.74, 6) is 1.11. The van der Waals surface area contributed by atoms with Crippen LogP contribution in [0.4, 0.5) is 0 Å². The lowest BCUT2D eigenvalue weighted by Gasteiger charge is -2.22. The zero-order valence-electron chi connectivity index (χ0n) is 9.81. The van der Waals surface area contributed by atoms with Crippen molar-refractivity contribution in [1.82, 2.24) is 9.55 Å². The van der Waals surface area contributed by atoms with Crippen molar-refractivity contribution in [2.45, 2.75) is 25.4 Å². The maximum atomic E-state index is 9.56. The molecular formula is C13H14BrN3O. The molecule has 0 saturated carbocycles. The second-order valence-electron chi connectivity index (χ2n) is 4.63. The lowest BCUT2D eigenvalue weighted by molar-refractivity contribution is 0.462. The summed E-state index contributed by atoms with van der Waals surface area (Å²) in [6, 6.07) is 7.33. The molecule has 1 aromatic carbocycles. The number of halogens is 1. The highest BCUT2D eigenvalue weighted by atomic mass is 79.9. The number of aromatic hydroxyl groups is 1. The molecule has 18 heavy (non-hydrogen) atoms. The van der Waals surface area contributed by atoms with Gasteiger partial charge in [0.15, 0.2) is 0 Å². The standard InChI is InChI=1S/C13H14BrN3O/c14-12-11-5-4-9(15)7-17(11)13(16-12)8-2-1-3-10(18)6-8/h1-3,6,9,18H,4-5,7,15H2. The zero-order chi connectivity index (χ0) is 12.7. The number of fused-ring (bicyclic) bond motifs is 1. The summed E-state index contributed by atoms with van der Waals surface area (Å²) in [4.78, 5) is 4.55. The van der Waals surface area contributed by atoms with Crippen molar-refractivity contribution in [2.75, 3.05) is 0 Å². The van der Waals surface area contributed by atoms with Crippen LogP contribution in [-0.4, -0.2) is 20.7 Å². The van der Waals surface area contributed by atoms with Gasteiger partial charge in [0.1, 0.15) is 16.2 Å². The molecule has 0 aliphatic carbocycles. The Morgan fingerprint density at radius 1 is 1.44 bits per heavy atom. The quantitative estimate of drug-likeness (QED) is 0.849. The zero-order valence-corrected chi connectivity index (χ0v) is 11.4. The number of hydrogen-bond donors (Lipinski definition) is 2. The fourth-order valence-electron chi connectivity index (χ4n) is 2.41. The predicted molar refractivity (Wildman–Crippen MR) is 73.3 cm³/mol. The molecule has 2 aromatic rings. The van der Waals surface area contributed by atoms with Crippen molar-refractivity contribution in [3.05, 3.63) is 34.6 Å². The number of aromatic nitrogens is 2. The van der Waals surface area contributed by atoms with Gasteiger partial charge in [-0.15, -0.1) is 0 Å². The van der Waals surface area contributed by atoms with E-state index in [2.05, 4.69) is 25.5 Å². The van der Waals surface area contributed by atoms with Gasteiger partial charge >= 0.3 is 0 Å². The van der Waals surface area contributed by atoms with Gasteiger partial charge in [-0.25, -0.2) is 4.98 Å². The third kappa shape index (κ3) is 1.93. The van der Waals surface area contributed by atoms with Crippen molar-refractivity contribution in [2.24, 2.45) is 5.73 Å². The molecule has 0 bridgehead atoms. The molecule has 1 atom stereocenters. The van der Waals surface area contributed by atoms with E-state index >= 15 is 0 Å². The summed E-state index contributed by atoms with van der Waals surface area (Å²) in [6.45, 7) is 0.777. The fraction of sp³-hybridized carbons (Fsp3) is 0.308. The van der Waals surface area contributed by atoms with Gasteiger partial charge in [0, 0.05) is 18.2 Å². The molecule has 1 aliphatic heterocycles. The molecule has 2 heterocycles. The normalized spacial score (nSPS) is 18.7. The first-order valence-corrected chi connectivity index (χ1v) is 6.74. The molecule has 1 aromatic heterocycles. The molecule has 0 saturated heterocycles. The van der Waals surface area contributed by atoms with Crippen LogP contribution in [0.3, 0.4) is 0 Å². The highest BCUT2D eigenvalue weighted by Gasteiger charge is 2.23. The smallest absolute Gasteiger partial charge is 0.141 e. The van der Waals surface area contributed by atoms with Crippen LogP contribution in [0.2, 0.25) is 0 Å². The van der Waals surface area contributed by atoms with E-state index in [4.69, 9.17) is 5.73 Å². The molecular weight excluding hydrogens is 294 g/mol. The number of benzene rings is 1. The first kappa shape index (κ1) is 11.7. The monoisotopic (exact) mass is 307 g/mol. The summed E-state index contributed by atoms with van der Waals surface area (Å²) >= 11 is 3.50. The molecule has 5 heteroatoms. The van der Waals surface area contributed by atoms with Crippen LogP contribution in [0.5, 0.6) is 5.75 Å². The van der Waals surface area contributed by atoms with Crippen molar-refractivity contribution in [3.8, 4) is 17.1 Å². The average Bonchev–Trinajstić information content (AvgIpc) is 2.66. The van der Waals surface area contributed by atoms with E-state index < -0.39 is 0 Å². The van der Waals surface area contributed by atoms with Gasteiger partial charge in [0.05, 0.1) is 5.69 Å². The number of hydrogen-bond acceptors (Lipinski definition) is 3.